The van der Waals surface area contributed by atoms with Crippen molar-refractivity contribution >= 4 is 23.6 Å². The summed E-state index contributed by atoms with van der Waals surface area (Å²) in [6, 6.07) is 24.8. The van der Waals surface area contributed by atoms with E-state index < -0.39 is 6.09 Å². The van der Waals surface area contributed by atoms with E-state index in [1.165, 1.54) is 4.90 Å². The Balaban J connectivity index is 0.970. The highest BCUT2D eigenvalue weighted by Gasteiger charge is 2.34. The van der Waals surface area contributed by atoms with Gasteiger partial charge in [-0.15, -0.1) is 0 Å². The van der Waals surface area contributed by atoms with E-state index in [0.717, 1.165) is 79.7 Å². The van der Waals surface area contributed by atoms with Crippen LogP contribution in [0.15, 0.2) is 91.0 Å². The molecule has 1 fully saturated rings. The smallest absolute Gasteiger partial charge is 0.411 e. The molecule has 0 atom stereocenters. The van der Waals surface area contributed by atoms with Crippen LogP contribution in [0.3, 0.4) is 0 Å². The summed E-state index contributed by atoms with van der Waals surface area (Å²) < 4.78 is 6.62. The van der Waals surface area contributed by atoms with Gasteiger partial charge in [0.15, 0.2) is 0 Å². The first-order valence-corrected chi connectivity index (χ1v) is 15.6. The Bertz CT molecular complexity index is 1440. The third kappa shape index (κ3) is 8.01. The number of para-hydroxylation sites is 1. The summed E-state index contributed by atoms with van der Waals surface area (Å²) in [5.41, 5.74) is 3.79. The molecule has 2 aliphatic heterocycles. The second-order valence-corrected chi connectivity index (χ2v) is 12.3. The second kappa shape index (κ2) is 14.5. The molecule has 8 heteroatoms. The van der Waals surface area contributed by atoms with Crippen LogP contribution < -0.4 is 5.32 Å². The van der Waals surface area contributed by atoms with Crippen molar-refractivity contribution in [3.63, 3.8) is 0 Å². The molecule has 3 amide bonds. The summed E-state index contributed by atoms with van der Waals surface area (Å²) in [4.78, 5) is 41.6. The van der Waals surface area contributed by atoms with Crippen molar-refractivity contribution < 1.29 is 23.6 Å². The fourth-order valence-electron chi connectivity index (χ4n) is 5.89. The molecule has 230 valence electrons. The summed E-state index contributed by atoms with van der Waals surface area (Å²) in [5.74, 6) is -0.350. The molecule has 2 aliphatic rings. The Hall–Kier alpha value is -4.27. The third-order valence-electron chi connectivity index (χ3n) is 8.46. The highest BCUT2D eigenvalue weighted by atomic mass is 16.6. The van der Waals surface area contributed by atoms with Gasteiger partial charge in [-0.1, -0.05) is 66.7 Å². The van der Waals surface area contributed by atoms with Crippen molar-refractivity contribution in [3.05, 3.63) is 102 Å². The van der Waals surface area contributed by atoms with Gasteiger partial charge in [-0.3, -0.25) is 24.7 Å². The molecule has 44 heavy (non-hydrogen) atoms. The minimum Gasteiger partial charge on any atom is -0.446 e. The molecule has 3 aromatic rings. The first-order valence-electron chi connectivity index (χ1n) is 15.6. The molecular weight excluding hydrogens is 552 g/mol. The fourth-order valence-corrected chi connectivity index (χ4v) is 5.89. The number of piperidine rings is 1. The number of benzene rings is 3. The second-order valence-electron chi connectivity index (χ2n) is 12.3. The van der Waals surface area contributed by atoms with Crippen LogP contribution in [0.2, 0.25) is 0 Å². The Morgan fingerprint density at radius 1 is 0.841 bits per heavy atom. The van der Waals surface area contributed by atoms with Gasteiger partial charge in [-0.2, -0.15) is 0 Å². The Morgan fingerprint density at radius 2 is 1.45 bits per heavy atom. The number of amides is 3. The zero-order chi connectivity index (χ0) is 30.9. The SMILES string of the molecule is C[N+](C)(CC=CCN1CCC(OC(=O)Nc2ccccc2-c2ccccc2)CC1)CCCCN1C(=O)c2ccccc2C1=O. The zero-order valence-corrected chi connectivity index (χ0v) is 25.8. The summed E-state index contributed by atoms with van der Waals surface area (Å²) in [7, 11) is 4.41. The number of anilines is 1. The average Bonchev–Trinajstić information content (AvgIpc) is 3.27. The molecule has 0 bridgehead atoms. The van der Waals surface area contributed by atoms with Crippen LogP contribution in [-0.4, -0.2) is 91.7 Å². The average molecular weight is 596 g/mol. The molecule has 3 aromatic carbocycles. The van der Waals surface area contributed by atoms with Crippen molar-refractivity contribution in [2.75, 3.05) is 58.7 Å². The summed E-state index contributed by atoms with van der Waals surface area (Å²) in [5, 5.41) is 2.94. The monoisotopic (exact) mass is 595 g/mol. The van der Waals surface area contributed by atoms with Gasteiger partial charge in [0.25, 0.3) is 11.8 Å². The highest BCUT2D eigenvalue weighted by molar-refractivity contribution is 6.21. The number of hydrogen-bond donors (Lipinski definition) is 1. The quantitative estimate of drug-likeness (QED) is 0.119. The maximum Gasteiger partial charge on any atom is 0.411 e. The number of carbonyl (C=O) groups excluding carboxylic acids is 3. The molecule has 0 radical (unpaired) electrons. The van der Waals surface area contributed by atoms with Crippen LogP contribution in [0.4, 0.5) is 10.5 Å². The van der Waals surface area contributed by atoms with Gasteiger partial charge in [0.05, 0.1) is 44.0 Å². The molecule has 0 aromatic heterocycles. The van der Waals surface area contributed by atoms with Crippen LogP contribution in [0.25, 0.3) is 11.1 Å². The topological polar surface area (TPSA) is 79.0 Å². The number of likely N-dealkylation sites (tertiary alicyclic amines) is 1. The van der Waals surface area contributed by atoms with Crippen LogP contribution in [0.1, 0.15) is 46.4 Å². The van der Waals surface area contributed by atoms with Gasteiger partial charge in [-0.25, -0.2) is 4.79 Å². The predicted octanol–water partition coefficient (Wildman–Crippen LogP) is 6.08. The number of ether oxygens (including phenoxy) is 1. The van der Waals surface area contributed by atoms with Crippen molar-refractivity contribution in [2.24, 2.45) is 0 Å². The van der Waals surface area contributed by atoms with E-state index in [1.807, 2.05) is 54.6 Å². The molecule has 8 nitrogen and oxygen atoms in total. The van der Waals surface area contributed by atoms with E-state index in [0.29, 0.717) is 17.7 Å². The van der Waals surface area contributed by atoms with Crippen LogP contribution in [0.5, 0.6) is 0 Å². The lowest BCUT2D eigenvalue weighted by Gasteiger charge is -2.31. The minimum atomic E-state index is -0.407. The van der Waals surface area contributed by atoms with Crippen LogP contribution >= 0.6 is 0 Å². The van der Waals surface area contributed by atoms with E-state index in [9.17, 15) is 14.4 Å². The first kappa shape index (κ1) is 31.2. The minimum absolute atomic E-state index is 0.0879. The number of fused-ring (bicyclic) bond motifs is 1. The van der Waals surface area contributed by atoms with E-state index in [1.54, 1.807) is 24.3 Å². The molecular formula is C36H43N4O4+. The molecule has 0 aliphatic carbocycles. The standard InChI is InChI=1S/C36H42N4O4/c1-40(2,27-13-11-23-39-34(41)31-17-6-7-18-32(31)35(39)42)26-12-10-22-38-24-20-29(21-25-38)44-36(43)37-33-19-9-8-16-30(33)28-14-4-3-5-15-28/h3-10,12,14-19,29H,11,13,20-27H2,1-2H3/p+1. The van der Waals surface area contributed by atoms with Gasteiger partial charge in [-0.05, 0) is 55.5 Å². The summed E-state index contributed by atoms with van der Waals surface area (Å²) in [6.45, 7) is 5.00. The molecule has 2 heterocycles. The van der Waals surface area contributed by atoms with Crippen molar-refractivity contribution in [3.8, 4) is 11.1 Å². The summed E-state index contributed by atoms with van der Waals surface area (Å²) in [6.07, 6.45) is 7.34. The molecule has 1 saturated heterocycles. The number of unbranched alkanes of at least 4 members (excludes halogenated alkanes) is 1. The Kier molecular flexibility index (Phi) is 10.2. The number of hydrogen-bond acceptors (Lipinski definition) is 5. The maximum absolute atomic E-state index is 12.7. The normalized spacial score (nSPS) is 16.0. The Labute approximate surface area is 260 Å². The highest BCUT2D eigenvalue weighted by Crippen LogP contribution is 2.28. The van der Waals surface area contributed by atoms with Gasteiger partial charge in [0, 0.05) is 31.7 Å². The lowest BCUT2D eigenvalue weighted by atomic mass is 10.0. The molecule has 5 rings (SSSR count). The number of carbonyl (C=O) groups is 3. The van der Waals surface area contributed by atoms with E-state index in [2.05, 4.69) is 36.5 Å². The molecule has 0 unspecified atom stereocenters. The number of likely N-dealkylation sites (N-methyl/N-ethyl adjacent to an activating group) is 1. The van der Waals surface area contributed by atoms with Crippen molar-refractivity contribution in [1.29, 1.82) is 0 Å². The third-order valence-corrected chi connectivity index (χ3v) is 8.46. The number of nitrogens with one attached hydrogen (secondary N) is 1. The van der Waals surface area contributed by atoms with E-state index in [-0.39, 0.29) is 17.9 Å². The molecule has 0 saturated carbocycles. The lowest BCUT2D eigenvalue weighted by Crippen LogP contribution is -2.41. The maximum atomic E-state index is 12.7. The van der Waals surface area contributed by atoms with Gasteiger partial charge in [0.2, 0.25) is 0 Å². The van der Waals surface area contributed by atoms with Crippen LogP contribution in [0, 0.1) is 0 Å². The zero-order valence-electron chi connectivity index (χ0n) is 25.8. The molecule has 1 N–H and O–H groups in total. The van der Waals surface area contributed by atoms with Crippen molar-refractivity contribution in [1.82, 2.24) is 9.80 Å². The Morgan fingerprint density at radius 3 is 2.14 bits per heavy atom. The van der Waals surface area contributed by atoms with Crippen molar-refractivity contribution in [2.45, 2.75) is 31.8 Å². The molecule has 0 spiro atoms. The predicted molar refractivity (Wildman–Crippen MR) is 173 cm³/mol. The number of imide groups is 1. The fraction of sp³-hybridized carbons (Fsp3) is 0.361. The van der Waals surface area contributed by atoms with Gasteiger partial charge < -0.3 is 9.22 Å². The van der Waals surface area contributed by atoms with E-state index >= 15 is 0 Å². The lowest BCUT2D eigenvalue weighted by molar-refractivity contribution is -0.884. The largest absolute Gasteiger partial charge is 0.446 e. The summed E-state index contributed by atoms with van der Waals surface area (Å²) >= 11 is 0. The number of quaternary nitrogens is 1. The van der Waals surface area contributed by atoms with Gasteiger partial charge in [0.1, 0.15) is 6.10 Å². The number of rotatable bonds is 12. The first-order chi connectivity index (χ1) is 21.3. The number of nitrogens with zero attached hydrogens (tertiary/aromatic N) is 3. The van der Waals surface area contributed by atoms with E-state index in [4.69, 9.17) is 4.74 Å². The van der Waals surface area contributed by atoms with Gasteiger partial charge >= 0.3 is 6.09 Å². The van der Waals surface area contributed by atoms with Crippen LogP contribution in [-0.2, 0) is 4.74 Å².